The summed E-state index contributed by atoms with van der Waals surface area (Å²) in [6.07, 6.45) is 2.85. The third-order valence-electron chi connectivity index (χ3n) is 6.17. The van der Waals surface area contributed by atoms with Crippen molar-refractivity contribution in [2.24, 2.45) is 5.92 Å². The number of anilines is 2. The number of benzene rings is 2. The number of amides is 2. The van der Waals surface area contributed by atoms with Crippen molar-refractivity contribution in [1.29, 1.82) is 0 Å². The van der Waals surface area contributed by atoms with Gasteiger partial charge in [-0.25, -0.2) is 4.79 Å². The highest BCUT2D eigenvalue weighted by atomic mass is 16.5. The van der Waals surface area contributed by atoms with E-state index in [0.29, 0.717) is 24.0 Å². The number of carbonyl (C=O) groups excluding carboxylic acids is 2. The van der Waals surface area contributed by atoms with Gasteiger partial charge in [0.25, 0.3) is 0 Å². The molecule has 2 amide bonds. The number of rotatable bonds is 5. The molecule has 3 aromatic rings. The molecular weight excluding hydrogens is 408 g/mol. The fraction of sp³-hybridized carbons (Fsp3) is 0.375. The Morgan fingerprint density at radius 2 is 1.84 bits per heavy atom. The van der Waals surface area contributed by atoms with E-state index in [2.05, 4.69) is 15.6 Å². The van der Waals surface area contributed by atoms with Crippen molar-refractivity contribution in [1.82, 2.24) is 9.55 Å². The first kappa shape index (κ1) is 21.7. The monoisotopic (exact) mass is 436 g/mol. The van der Waals surface area contributed by atoms with E-state index >= 15 is 0 Å². The first-order chi connectivity index (χ1) is 15.4. The fourth-order valence-corrected chi connectivity index (χ4v) is 4.54. The number of aromatic amines is 1. The zero-order chi connectivity index (χ0) is 22.8. The first-order valence-electron chi connectivity index (χ1n) is 10.8. The highest BCUT2D eigenvalue weighted by Gasteiger charge is 2.29. The number of ether oxygens (including phenoxy) is 1. The molecule has 1 aromatic heterocycles. The zero-order valence-corrected chi connectivity index (χ0v) is 18.5. The van der Waals surface area contributed by atoms with Crippen molar-refractivity contribution in [3.05, 3.63) is 52.4 Å². The van der Waals surface area contributed by atoms with Crippen LogP contribution in [-0.4, -0.2) is 28.5 Å². The van der Waals surface area contributed by atoms with Gasteiger partial charge in [0.05, 0.1) is 23.8 Å². The van der Waals surface area contributed by atoms with Gasteiger partial charge in [0.15, 0.2) is 0 Å². The van der Waals surface area contributed by atoms with Gasteiger partial charge in [-0.15, -0.1) is 0 Å². The summed E-state index contributed by atoms with van der Waals surface area (Å²) in [6, 6.07) is 11.1. The highest BCUT2D eigenvalue weighted by molar-refractivity contribution is 5.98. The second-order valence-corrected chi connectivity index (χ2v) is 8.36. The number of fused-ring (bicyclic) bond motifs is 1. The van der Waals surface area contributed by atoms with E-state index in [9.17, 15) is 14.4 Å². The van der Waals surface area contributed by atoms with Crippen LogP contribution in [0.3, 0.4) is 0 Å². The van der Waals surface area contributed by atoms with E-state index in [1.165, 1.54) is 6.92 Å². The quantitative estimate of drug-likeness (QED) is 0.563. The van der Waals surface area contributed by atoms with Gasteiger partial charge in [-0.05, 0) is 56.4 Å². The van der Waals surface area contributed by atoms with Gasteiger partial charge in [-0.2, -0.15) is 0 Å². The lowest BCUT2D eigenvalue weighted by Crippen LogP contribution is -2.31. The molecule has 0 atom stereocenters. The number of hydrogen-bond acceptors (Lipinski definition) is 4. The minimum absolute atomic E-state index is 0.00595. The molecule has 8 heteroatoms. The molecule has 1 fully saturated rings. The first-order valence-corrected chi connectivity index (χ1v) is 10.8. The largest absolute Gasteiger partial charge is 0.496 e. The van der Waals surface area contributed by atoms with Crippen LogP contribution < -0.4 is 21.1 Å². The maximum absolute atomic E-state index is 12.8. The van der Waals surface area contributed by atoms with Crippen LogP contribution >= 0.6 is 0 Å². The molecule has 0 radical (unpaired) electrons. The molecule has 8 nitrogen and oxygen atoms in total. The standard InChI is InChI=1S/C24H28N4O4/c1-14-7-10-17(13-21(14)32-3)26-23(30)16-8-11-18(12-9-16)28-20-6-4-5-19(25-15(2)29)22(20)27-24(28)31/h4-7,10,13,16,18H,8-9,11-12H2,1-3H3,(H,25,29)(H,26,30)(H,27,31). The predicted molar refractivity (Wildman–Crippen MR) is 124 cm³/mol. The minimum Gasteiger partial charge on any atom is -0.496 e. The number of nitrogens with zero attached hydrogens (tertiary/aromatic N) is 1. The molecule has 4 rings (SSSR count). The molecule has 0 saturated heterocycles. The Balaban J connectivity index is 1.46. The maximum atomic E-state index is 12.8. The van der Waals surface area contributed by atoms with E-state index in [1.807, 2.05) is 37.3 Å². The van der Waals surface area contributed by atoms with Gasteiger partial charge in [0.2, 0.25) is 11.8 Å². The summed E-state index contributed by atoms with van der Waals surface area (Å²) in [6.45, 7) is 3.39. The average molecular weight is 437 g/mol. The summed E-state index contributed by atoms with van der Waals surface area (Å²) in [4.78, 5) is 39.9. The molecule has 1 aliphatic carbocycles. The molecule has 1 heterocycles. The lowest BCUT2D eigenvalue weighted by Gasteiger charge is -2.28. The lowest BCUT2D eigenvalue weighted by atomic mass is 9.85. The maximum Gasteiger partial charge on any atom is 0.326 e. The smallest absolute Gasteiger partial charge is 0.326 e. The molecule has 1 aliphatic rings. The number of para-hydroxylation sites is 1. The Hall–Kier alpha value is -3.55. The number of methoxy groups -OCH3 is 1. The van der Waals surface area contributed by atoms with Gasteiger partial charge in [0, 0.05) is 30.6 Å². The van der Waals surface area contributed by atoms with Gasteiger partial charge < -0.3 is 20.4 Å². The van der Waals surface area contributed by atoms with E-state index < -0.39 is 0 Å². The van der Waals surface area contributed by atoms with Crippen molar-refractivity contribution >= 4 is 34.2 Å². The molecule has 0 spiro atoms. The van der Waals surface area contributed by atoms with Crippen LogP contribution in [0.4, 0.5) is 11.4 Å². The summed E-state index contributed by atoms with van der Waals surface area (Å²) < 4.78 is 7.10. The van der Waals surface area contributed by atoms with Crippen LogP contribution in [0.2, 0.25) is 0 Å². The van der Waals surface area contributed by atoms with Crippen LogP contribution in [0.25, 0.3) is 11.0 Å². The molecule has 32 heavy (non-hydrogen) atoms. The molecular formula is C24H28N4O4. The topological polar surface area (TPSA) is 105 Å². The number of aryl methyl sites for hydroxylation is 1. The molecule has 168 valence electrons. The predicted octanol–water partition coefficient (Wildman–Crippen LogP) is 3.98. The van der Waals surface area contributed by atoms with Gasteiger partial charge >= 0.3 is 5.69 Å². The third kappa shape index (κ3) is 4.26. The molecule has 3 N–H and O–H groups in total. The third-order valence-corrected chi connectivity index (χ3v) is 6.17. The van der Waals surface area contributed by atoms with Gasteiger partial charge in [-0.3, -0.25) is 14.2 Å². The second-order valence-electron chi connectivity index (χ2n) is 8.36. The number of hydrogen-bond donors (Lipinski definition) is 3. The highest BCUT2D eigenvalue weighted by Crippen LogP contribution is 2.35. The number of H-pyrrole nitrogens is 1. The zero-order valence-electron chi connectivity index (χ0n) is 18.5. The Kier molecular flexibility index (Phi) is 6.03. The van der Waals surface area contributed by atoms with Crippen LogP contribution in [0, 0.1) is 12.8 Å². The second kappa shape index (κ2) is 8.90. The molecule has 0 unspecified atom stereocenters. The van der Waals surface area contributed by atoms with Crippen molar-refractivity contribution in [2.45, 2.75) is 45.6 Å². The van der Waals surface area contributed by atoms with E-state index in [1.54, 1.807) is 17.7 Å². The SMILES string of the molecule is COc1cc(NC(=O)C2CCC(n3c(=O)[nH]c4c(NC(C)=O)cccc43)CC2)ccc1C. The Labute approximate surface area is 186 Å². The van der Waals surface area contributed by atoms with Crippen LogP contribution in [-0.2, 0) is 9.59 Å². The van der Waals surface area contributed by atoms with Gasteiger partial charge in [-0.1, -0.05) is 12.1 Å². The average Bonchev–Trinajstić information content (AvgIpc) is 3.11. The number of imidazole rings is 1. The van der Waals surface area contributed by atoms with Crippen molar-refractivity contribution < 1.29 is 14.3 Å². The van der Waals surface area contributed by atoms with Crippen molar-refractivity contribution in [3.63, 3.8) is 0 Å². The van der Waals surface area contributed by atoms with E-state index in [0.717, 1.165) is 35.4 Å². The Morgan fingerprint density at radius 3 is 2.53 bits per heavy atom. The Bertz CT molecular complexity index is 1220. The summed E-state index contributed by atoms with van der Waals surface area (Å²) in [7, 11) is 1.61. The number of carbonyl (C=O) groups is 2. The Morgan fingerprint density at radius 1 is 1.09 bits per heavy atom. The summed E-state index contributed by atoms with van der Waals surface area (Å²) in [5.41, 5.74) is 3.52. The minimum atomic E-state index is -0.197. The molecule has 2 aromatic carbocycles. The van der Waals surface area contributed by atoms with E-state index in [4.69, 9.17) is 4.74 Å². The summed E-state index contributed by atoms with van der Waals surface area (Å²) in [5.74, 6) is 0.440. The summed E-state index contributed by atoms with van der Waals surface area (Å²) >= 11 is 0. The van der Waals surface area contributed by atoms with E-state index in [-0.39, 0.29) is 29.5 Å². The number of nitrogens with one attached hydrogen (secondary N) is 3. The van der Waals surface area contributed by atoms with Crippen molar-refractivity contribution in [2.75, 3.05) is 17.7 Å². The van der Waals surface area contributed by atoms with Gasteiger partial charge in [0.1, 0.15) is 5.75 Å². The normalized spacial score (nSPS) is 18.3. The van der Waals surface area contributed by atoms with Crippen LogP contribution in [0.15, 0.2) is 41.2 Å². The molecule has 0 aliphatic heterocycles. The lowest BCUT2D eigenvalue weighted by molar-refractivity contribution is -0.121. The fourth-order valence-electron chi connectivity index (χ4n) is 4.54. The van der Waals surface area contributed by atoms with Crippen LogP contribution in [0.5, 0.6) is 5.75 Å². The van der Waals surface area contributed by atoms with Crippen LogP contribution in [0.1, 0.15) is 44.2 Å². The number of aromatic nitrogens is 2. The molecule has 0 bridgehead atoms. The molecule has 1 saturated carbocycles. The summed E-state index contributed by atoms with van der Waals surface area (Å²) in [5, 5.41) is 5.76. The van der Waals surface area contributed by atoms with Crippen molar-refractivity contribution in [3.8, 4) is 5.75 Å².